The van der Waals surface area contributed by atoms with Crippen LogP contribution < -0.4 is 10.5 Å². The van der Waals surface area contributed by atoms with Crippen LogP contribution in [-0.2, 0) is 16.6 Å². The van der Waals surface area contributed by atoms with Gasteiger partial charge in [-0.25, -0.2) is 13.4 Å². The molecule has 10 heteroatoms. The zero-order valence-electron chi connectivity index (χ0n) is 12.6. The maximum Gasteiger partial charge on any atom is 0.224 e. The van der Waals surface area contributed by atoms with Gasteiger partial charge in [-0.05, 0) is 18.5 Å². The number of hydrogen-bond acceptors (Lipinski definition) is 7. The first-order valence-electron chi connectivity index (χ1n) is 6.93. The maximum atomic E-state index is 11.5. The highest BCUT2D eigenvalue weighted by molar-refractivity contribution is 7.88. The summed E-state index contributed by atoms with van der Waals surface area (Å²) in [5.41, 5.74) is 6.44. The van der Waals surface area contributed by atoms with Crippen molar-refractivity contribution in [3.05, 3.63) is 11.0 Å². The van der Waals surface area contributed by atoms with Crippen LogP contribution in [0.4, 0.5) is 5.82 Å². The van der Waals surface area contributed by atoms with E-state index in [2.05, 4.69) is 14.9 Å². The molecule has 2 heterocycles. The molecule has 1 aromatic rings. The van der Waals surface area contributed by atoms with Gasteiger partial charge in [0, 0.05) is 32.7 Å². The van der Waals surface area contributed by atoms with Gasteiger partial charge in [-0.3, -0.25) is 4.90 Å². The Morgan fingerprint density at radius 2 is 1.91 bits per heavy atom. The number of piperazine rings is 1. The lowest BCUT2D eigenvalue weighted by Gasteiger charge is -2.33. The smallest absolute Gasteiger partial charge is 0.224 e. The van der Waals surface area contributed by atoms with Crippen LogP contribution in [0.25, 0.3) is 0 Å². The van der Waals surface area contributed by atoms with E-state index in [0.717, 1.165) is 0 Å². The zero-order chi connectivity index (χ0) is 16.3. The van der Waals surface area contributed by atoms with Gasteiger partial charge in [0.05, 0.1) is 12.9 Å². The van der Waals surface area contributed by atoms with E-state index >= 15 is 0 Å². The fourth-order valence-electron chi connectivity index (χ4n) is 2.32. The first-order chi connectivity index (χ1) is 10.3. The largest absolute Gasteiger partial charge is 0.488 e. The summed E-state index contributed by atoms with van der Waals surface area (Å²) < 4.78 is 30.0. The van der Waals surface area contributed by atoms with Gasteiger partial charge in [-0.1, -0.05) is 0 Å². The Kier molecular flexibility index (Phi) is 5.43. The number of ether oxygens (including phenoxy) is 1. The maximum absolute atomic E-state index is 11.5. The number of nitrogens with zero attached hydrogens (tertiary/aromatic N) is 4. The molecule has 0 spiro atoms. The van der Waals surface area contributed by atoms with Gasteiger partial charge >= 0.3 is 0 Å². The van der Waals surface area contributed by atoms with Crippen molar-refractivity contribution in [1.29, 1.82) is 0 Å². The lowest BCUT2D eigenvalue weighted by Crippen LogP contribution is -2.47. The third-order valence-electron chi connectivity index (χ3n) is 3.40. The Hall–Kier alpha value is -1.16. The Bertz CT molecular complexity index is 632. The van der Waals surface area contributed by atoms with Crippen molar-refractivity contribution in [1.82, 2.24) is 19.2 Å². The lowest BCUT2D eigenvalue weighted by molar-refractivity contribution is 0.178. The fraction of sp³-hybridized carbons (Fsp3) is 0.667. The predicted molar refractivity (Wildman–Crippen MR) is 84.3 cm³/mol. The zero-order valence-corrected chi connectivity index (χ0v) is 14.2. The second kappa shape index (κ2) is 6.95. The molecule has 22 heavy (non-hydrogen) atoms. The average molecular weight is 350 g/mol. The second-order valence-electron chi connectivity index (χ2n) is 5.02. The first-order valence-corrected chi connectivity index (χ1v) is 9.16. The minimum absolute atomic E-state index is 0.0747. The van der Waals surface area contributed by atoms with Crippen molar-refractivity contribution in [3.8, 4) is 5.75 Å². The van der Waals surface area contributed by atoms with E-state index in [0.29, 0.717) is 50.8 Å². The molecule has 0 atom stereocenters. The number of hydrogen-bond donors (Lipinski definition) is 1. The lowest BCUT2D eigenvalue weighted by atomic mass is 10.3. The number of aromatic nitrogens is 2. The van der Waals surface area contributed by atoms with Crippen LogP contribution in [0.1, 0.15) is 12.6 Å². The van der Waals surface area contributed by atoms with Crippen molar-refractivity contribution in [3.63, 3.8) is 0 Å². The summed E-state index contributed by atoms with van der Waals surface area (Å²) in [7, 11) is -3.14. The van der Waals surface area contributed by atoms with Crippen molar-refractivity contribution in [2.75, 3.05) is 44.8 Å². The quantitative estimate of drug-likeness (QED) is 0.757. The normalized spacial score (nSPS) is 17.6. The predicted octanol–water partition coefficient (Wildman–Crippen LogP) is 0.188. The molecule has 0 saturated carbocycles. The van der Waals surface area contributed by atoms with E-state index in [1.54, 1.807) is 0 Å². The van der Waals surface area contributed by atoms with Crippen molar-refractivity contribution in [2.45, 2.75) is 13.5 Å². The Morgan fingerprint density at radius 1 is 1.27 bits per heavy atom. The van der Waals surface area contributed by atoms with Crippen LogP contribution in [-0.4, -0.2) is 66.6 Å². The van der Waals surface area contributed by atoms with E-state index in [-0.39, 0.29) is 11.1 Å². The Balaban J connectivity index is 2.09. The summed E-state index contributed by atoms with van der Waals surface area (Å²) >= 11 is 5.86. The molecule has 0 radical (unpaired) electrons. The minimum atomic E-state index is -3.14. The molecule has 1 aliphatic rings. The van der Waals surface area contributed by atoms with Crippen LogP contribution in [0.15, 0.2) is 0 Å². The van der Waals surface area contributed by atoms with Gasteiger partial charge in [0.2, 0.25) is 15.3 Å². The van der Waals surface area contributed by atoms with Gasteiger partial charge in [-0.15, -0.1) is 0 Å². The van der Waals surface area contributed by atoms with Gasteiger partial charge < -0.3 is 10.5 Å². The summed E-state index contributed by atoms with van der Waals surface area (Å²) in [6, 6.07) is 0. The number of rotatable bonds is 5. The van der Waals surface area contributed by atoms with Crippen LogP contribution >= 0.6 is 11.6 Å². The van der Waals surface area contributed by atoms with Gasteiger partial charge in [0.25, 0.3) is 0 Å². The number of halogens is 1. The highest BCUT2D eigenvalue weighted by atomic mass is 35.5. The molecule has 1 fully saturated rings. The molecule has 124 valence electrons. The third-order valence-corrected chi connectivity index (χ3v) is 4.87. The molecule has 0 bridgehead atoms. The molecule has 0 unspecified atom stereocenters. The summed E-state index contributed by atoms with van der Waals surface area (Å²) in [5.74, 6) is 0.657. The van der Waals surface area contributed by atoms with Crippen LogP contribution in [0.2, 0.25) is 5.28 Å². The van der Waals surface area contributed by atoms with Crippen molar-refractivity contribution in [2.24, 2.45) is 0 Å². The molecule has 0 amide bonds. The first kappa shape index (κ1) is 17.2. The summed E-state index contributed by atoms with van der Waals surface area (Å²) in [4.78, 5) is 10.2. The SMILES string of the molecule is CCOc1c(N)nc(Cl)nc1CN1CCN(S(C)(=O)=O)CC1. The van der Waals surface area contributed by atoms with Crippen molar-refractivity contribution < 1.29 is 13.2 Å². The molecule has 2 N–H and O–H groups in total. The third kappa shape index (κ3) is 4.19. The molecule has 0 aliphatic carbocycles. The highest BCUT2D eigenvalue weighted by Crippen LogP contribution is 2.26. The molecule has 1 saturated heterocycles. The molecule has 1 aromatic heterocycles. The van der Waals surface area contributed by atoms with Crippen LogP contribution in [0.3, 0.4) is 0 Å². The highest BCUT2D eigenvalue weighted by Gasteiger charge is 2.25. The summed E-state index contributed by atoms with van der Waals surface area (Å²) in [6.45, 7) is 4.92. The van der Waals surface area contributed by atoms with Gasteiger partial charge in [-0.2, -0.15) is 9.29 Å². The number of sulfonamides is 1. The number of nitrogens with two attached hydrogens (primary N) is 1. The van der Waals surface area contributed by atoms with E-state index in [1.165, 1.54) is 10.6 Å². The molecule has 0 aromatic carbocycles. The molecule has 8 nitrogen and oxygen atoms in total. The Morgan fingerprint density at radius 3 is 2.45 bits per heavy atom. The topological polar surface area (TPSA) is 102 Å². The average Bonchev–Trinajstić information content (AvgIpc) is 2.42. The van der Waals surface area contributed by atoms with Gasteiger partial charge in [0.15, 0.2) is 11.6 Å². The monoisotopic (exact) mass is 349 g/mol. The van der Waals surface area contributed by atoms with Crippen LogP contribution in [0, 0.1) is 0 Å². The fourth-order valence-corrected chi connectivity index (χ4v) is 3.34. The van der Waals surface area contributed by atoms with E-state index < -0.39 is 10.0 Å². The van der Waals surface area contributed by atoms with E-state index in [4.69, 9.17) is 22.1 Å². The van der Waals surface area contributed by atoms with Crippen LogP contribution in [0.5, 0.6) is 5.75 Å². The van der Waals surface area contributed by atoms with E-state index in [1.807, 2.05) is 6.92 Å². The van der Waals surface area contributed by atoms with Crippen molar-refractivity contribution >= 4 is 27.4 Å². The standard InChI is InChI=1S/C12H20ClN5O3S/c1-3-21-10-9(15-12(13)16-11(10)14)8-17-4-6-18(7-5-17)22(2,19)20/h3-8H2,1-2H3,(H2,14,15,16). The minimum Gasteiger partial charge on any atom is -0.488 e. The number of nitrogen functional groups attached to an aromatic ring is 1. The molecule has 2 rings (SSSR count). The number of anilines is 1. The Labute approximate surface area is 135 Å². The summed E-state index contributed by atoms with van der Waals surface area (Å²) in [6.07, 6.45) is 1.22. The van der Waals surface area contributed by atoms with E-state index in [9.17, 15) is 8.42 Å². The molecular weight excluding hydrogens is 330 g/mol. The second-order valence-corrected chi connectivity index (χ2v) is 7.35. The molecule has 1 aliphatic heterocycles. The summed E-state index contributed by atoms with van der Waals surface area (Å²) in [5, 5.41) is 0.0747. The molecular formula is C12H20ClN5O3S. The van der Waals surface area contributed by atoms with Gasteiger partial charge in [0.1, 0.15) is 5.69 Å².